The Morgan fingerprint density at radius 1 is 1.23 bits per heavy atom. The number of hydrogen-bond acceptors (Lipinski definition) is 2. The van der Waals surface area contributed by atoms with Crippen LogP contribution in [0.15, 0.2) is 53.4 Å². The molecule has 0 saturated heterocycles. The summed E-state index contributed by atoms with van der Waals surface area (Å²) in [7, 11) is 0. The molecule has 1 atom stereocenters. The van der Waals surface area contributed by atoms with Crippen molar-refractivity contribution in [1.82, 2.24) is 5.32 Å². The Morgan fingerprint density at radius 3 is 2.50 bits per heavy atom. The topological polar surface area (TPSA) is 29.1 Å². The summed E-state index contributed by atoms with van der Waals surface area (Å²) in [4.78, 5) is 13.3. The number of allylic oxidation sites excluding steroid dienone is 1. The molecule has 1 N–H and O–H groups in total. The second-order valence-electron chi connectivity index (χ2n) is 5.67. The summed E-state index contributed by atoms with van der Waals surface area (Å²) in [5.41, 5.74) is 3.46. The molecule has 0 saturated carbocycles. The Hall–Kier alpha value is -1.87. The molecule has 0 bridgehead atoms. The summed E-state index contributed by atoms with van der Waals surface area (Å²) < 4.78 is 0. The van der Waals surface area contributed by atoms with E-state index < -0.39 is 0 Å². The number of nitrogens with one attached hydrogen (secondary N) is 1. The molecular weight excluding hydrogens is 290 g/mol. The van der Waals surface area contributed by atoms with Crippen molar-refractivity contribution in [2.24, 2.45) is 0 Å². The number of aryl methyl sites for hydroxylation is 1. The highest BCUT2D eigenvalue weighted by molar-refractivity contribution is 7.10. The molecule has 0 aliphatic rings. The van der Waals surface area contributed by atoms with Gasteiger partial charge in [0, 0.05) is 11.0 Å². The molecule has 1 aromatic carbocycles. The van der Waals surface area contributed by atoms with E-state index in [1.165, 1.54) is 5.56 Å². The van der Waals surface area contributed by atoms with Gasteiger partial charge in [-0.1, -0.05) is 49.2 Å². The average molecular weight is 313 g/mol. The third-order valence-electron chi connectivity index (χ3n) is 3.39. The maximum absolute atomic E-state index is 12.1. The van der Waals surface area contributed by atoms with Crippen molar-refractivity contribution in [3.63, 3.8) is 0 Å². The van der Waals surface area contributed by atoms with Gasteiger partial charge in [-0.05, 0) is 42.8 Å². The van der Waals surface area contributed by atoms with E-state index in [0.29, 0.717) is 0 Å². The third kappa shape index (κ3) is 4.57. The molecule has 1 heterocycles. The fourth-order valence-corrected chi connectivity index (χ4v) is 3.19. The van der Waals surface area contributed by atoms with Crippen LogP contribution in [0.25, 0.3) is 0 Å². The zero-order valence-electron chi connectivity index (χ0n) is 13.4. The van der Waals surface area contributed by atoms with Crippen molar-refractivity contribution < 1.29 is 4.79 Å². The predicted octanol–water partition coefficient (Wildman–Crippen LogP) is 4.87. The molecule has 1 aromatic heterocycles. The van der Waals surface area contributed by atoms with E-state index in [0.717, 1.165) is 28.9 Å². The third-order valence-corrected chi connectivity index (χ3v) is 4.32. The molecule has 3 heteroatoms. The van der Waals surface area contributed by atoms with E-state index >= 15 is 0 Å². The largest absolute Gasteiger partial charge is 0.341 e. The fourth-order valence-electron chi connectivity index (χ4n) is 2.39. The SMILES string of the molecule is CCCc1ccc(C(NC(=O)C=C(C)C)c2cccs2)cc1. The summed E-state index contributed by atoms with van der Waals surface area (Å²) in [5, 5.41) is 5.16. The molecule has 2 nitrogen and oxygen atoms in total. The minimum atomic E-state index is -0.0845. The first-order valence-corrected chi connectivity index (χ1v) is 8.55. The number of carbonyl (C=O) groups excluding carboxylic acids is 1. The first-order valence-electron chi connectivity index (χ1n) is 7.67. The van der Waals surface area contributed by atoms with Crippen LogP contribution in [0.2, 0.25) is 0 Å². The highest BCUT2D eigenvalue weighted by Crippen LogP contribution is 2.26. The smallest absolute Gasteiger partial charge is 0.244 e. The van der Waals surface area contributed by atoms with E-state index in [4.69, 9.17) is 0 Å². The minimum Gasteiger partial charge on any atom is -0.341 e. The van der Waals surface area contributed by atoms with Crippen molar-refractivity contribution in [1.29, 1.82) is 0 Å². The van der Waals surface area contributed by atoms with E-state index in [9.17, 15) is 4.79 Å². The summed E-state index contributed by atoms with van der Waals surface area (Å²) in [6.45, 7) is 6.04. The highest BCUT2D eigenvalue weighted by Gasteiger charge is 2.16. The van der Waals surface area contributed by atoms with Crippen LogP contribution in [0.5, 0.6) is 0 Å². The van der Waals surface area contributed by atoms with Crippen LogP contribution in [-0.4, -0.2) is 5.91 Å². The summed E-state index contributed by atoms with van der Waals surface area (Å²) in [6.07, 6.45) is 3.88. The van der Waals surface area contributed by atoms with Crippen LogP contribution < -0.4 is 5.32 Å². The van der Waals surface area contributed by atoms with Crippen molar-refractivity contribution in [3.05, 3.63) is 69.4 Å². The second kappa shape index (κ2) is 7.95. The van der Waals surface area contributed by atoms with Crippen LogP contribution in [0, 0.1) is 0 Å². The van der Waals surface area contributed by atoms with Gasteiger partial charge in [0.2, 0.25) is 5.91 Å². The average Bonchev–Trinajstić information content (AvgIpc) is 2.99. The molecule has 22 heavy (non-hydrogen) atoms. The molecule has 0 aliphatic heterocycles. The zero-order valence-corrected chi connectivity index (χ0v) is 14.2. The van der Waals surface area contributed by atoms with Crippen molar-refractivity contribution in [3.8, 4) is 0 Å². The number of rotatable bonds is 6. The lowest BCUT2D eigenvalue weighted by atomic mass is 10.0. The van der Waals surface area contributed by atoms with Crippen LogP contribution in [0.3, 0.4) is 0 Å². The summed E-state index contributed by atoms with van der Waals surface area (Å²) >= 11 is 1.67. The number of benzene rings is 1. The Bertz CT molecular complexity index is 622. The summed E-state index contributed by atoms with van der Waals surface area (Å²) in [6, 6.07) is 12.6. The van der Waals surface area contributed by atoms with Gasteiger partial charge in [-0.15, -0.1) is 11.3 Å². The molecule has 116 valence electrons. The zero-order chi connectivity index (χ0) is 15.9. The number of hydrogen-bond donors (Lipinski definition) is 1. The normalized spacial score (nSPS) is 11.8. The van der Waals surface area contributed by atoms with Crippen molar-refractivity contribution in [2.75, 3.05) is 0 Å². The summed E-state index contributed by atoms with van der Waals surface area (Å²) in [5.74, 6) is -0.0453. The maximum atomic E-state index is 12.1. The molecule has 0 spiro atoms. The molecule has 1 unspecified atom stereocenters. The molecule has 1 amide bonds. The standard InChI is InChI=1S/C19H23NOS/c1-4-6-15-8-10-16(11-9-15)19(17-7-5-12-22-17)20-18(21)13-14(2)3/h5,7-13,19H,4,6H2,1-3H3,(H,20,21). The number of thiophene rings is 1. The van der Waals surface area contributed by atoms with Crippen molar-refractivity contribution >= 4 is 17.2 Å². The first kappa shape index (κ1) is 16.5. The molecule has 0 fully saturated rings. The van der Waals surface area contributed by atoms with Gasteiger partial charge in [0.05, 0.1) is 6.04 Å². The van der Waals surface area contributed by atoms with E-state index in [-0.39, 0.29) is 11.9 Å². The van der Waals surface area contributed by atoms with Gasteiger partial charge in [0.1, 0.15) is 0 Å². The Labute approximate surface area is 136 Å². The van der Waals surface area contributed by atoms with E-state index in [1.807, 2.05) is 25.3 Å². The number of carbonyl (C=O) groups is 1. The van der Waals surface area contributed by atoms with Crippen LogP contribution >= 0.6 is 11.3 Å². The minimum absolute atomic E-state index is 0.0453. The van der Waals surface area contributed by atoms with Gasteiger partial charge in [-0.3, -0.25) is 4.79 Å². The maximum Gasteiger partial charge on any atom is 0.244 e. The Morgan fingerprint density at radius 2 is 1.95 bits per heavy atom. The molecule has 0 aliphatic carbocycles. The van der Waals surface area contributed by atoms with Gasteiger partial charge in [0.25, 0.3) is 0 Å². The molecule has 2 rings (SSSR count). The lowest BCUT2D eigenvalue weighted by Crippen LogP contribution is -2.27. The van der Waals surface area contributed by atoms with E-state index in [1.54, 1.807) is 17.4 Å². The van der Waals surface area contributed by atoms with E-state index in [2.05, 4.69) is 42.6 Å². The number of amides is 1. The monoisotopic (exact) mass is 313 g/mol. The second-order valence-corrected chi connectivity index (χ2v) is 6.65. The van der Waals surface area contributed by atoms with Gasteiger partial charge in [-0.2, -0.15) is 0 Å². The fraction of sp³-hybridized carbons (Fsp3) is 0.316. The lowest BCUT2D eigenvalue weighted by Gasteiger charge is -2.18. The van der Waals surface area contributed by atoms with Crippen LogP contribution in [-0.2, 0) is 11.2 Å². The predicted molar refractivity (Wildman–Crippen MR) is 94.2 cm³/mol. The molecular formula is C19H23NOS. The lowest BCUT2D eigenvalue weighted by molar-refractivity contribution is -0.117. The highest BCUT2D eigenvalue weighted by atomic mass is 32.1. The van der Waals surface area contributed by atoms with Gasteiger partial charge < -0.3 is 5.32 Å². The Kier molecular flexibility index (Phi) is 5.96. The Balaban J connectivity index is 2.25. The molecule has 2 aromatic rings. The van der Waals surface area contributed by atoms with Gasteiger partial charge in [0.15, 0.2) is 0 Å². The van der Waals surface area contributed by atoms with Crippen LogP contribution in [0.4, 0.5) is 0 Å². The van der Waals surface area contributed by atoms with Gasteiger partial charge in [-0.25, -0.2) is 0 Å². The van der Waals surface area contributed by atoms with Crippen LogP contribution in [0.1, 0.15) is 49.2 Å². The van der Waals surface area contributed by atoms with Gasteiger partial charge >= 0.3 is 0 Å². The quantitative estimate of drug-likeness (QED) is 0.757. The molecule has 0 radical (unpaired) electrons. The van der Waals surface area contributed by atoms with Crippen molar-refractivity contribution in [2.45, 2.75) is 39.7 Å². The first-order chi connectivity index (χ1) is 10.6.